The molecule has 0 bridgehead atoms. The molecular weight excluding hydrogens is 216 g/mol. The molecule has 2 amide bonds. The van der Waals surface area contributed by atoms with Gasteiger partial charge in [0.2, 0.25) is 5.91 Å². The van der Waals surface area contributed by atoms with E-state index >= 15 is 0 Å². The van der Waals surface area contributed by atoms with Gasteiger partial charge in [-0.3, -0.25) is 9.69 Å². The van der Waals surface area contributed by atoms with Crippen LogP contribution in [0.1, 0.15) is 20.8 Å². The largest absolute Gasteiger partial charge is 0.444 e. The molecule has 0 aromatic carbocycles. The third-order valence-electron chi connectivity index (χ3n) is 1.84. The first-order valence-corrected chi connectivity index (χ1v) is 5.83. The molecule has 1 saturated heterocycles. The third-order valence-corrected chi connectivity index (χ3v) is 2.85. The lowest BCUT2D eigenvalue weighted by molar-refractivity contribution is -0.121. The van der Waals surface area contributed by atoms with Gasteiger partial charge in [-0.1, -0.05) is 0 Å². The van der Waals surface area contributed by atoms with E-state index in [9.17, 15) is 9.59 Å². The van der Waals surface area contributed by atoms with Crippen LogP contribution in [0.3, 0.4) is 0 Å². The van der Waals surface area contributed by atoms with Crippen LogP contribution in [0.2, 0.25) is 0 Å². The number of ether oxygens (including phenoxy) is 1. The van der Waals surface area contributed by atoms with Crippen molar-refractivity contribution >= 4 is 23.8 Å². The molecule has 0 saturated carbocycles. The van der Waals surface area contributed by atoms with Crippen LogP contribution in [0.4, 0.5) is 4.79 Å². The van der Waals surface area contributed by atoms with Gasteiger partial charge in [-0.25, -0.2) is 4.79 Å². The number of amides is 2. The fraction of sp³-hybridized carbons (Fsp3) is 0.778. The maximum Gasteiger partial charge on any atom is 0.411 e. The molecule has 86 valence electrons. The highest BCUT2D eigenvalue weighted by atomic mass is 32.2. The summed E-state index contributed by atoms with van der Waals surface area (Å²) in [5, 5.41) is 0. The highest BCUT2D eigenvalue weighted by Crippen LogP contribution is 2.23. The van der Waals surface area contributed by atoms with Gasteiger partial charge >= 0.3 is 6.09 Å². The second-order valence-corrected chi connectivity index (χ2v) is 5.37. The summed E-state index contributed by atoms with van der Waals surface area (Å²) in [7, 11) is 0. The summed E-state index contributed by atoms with van der Waals surface area (Å²) in [5.74, 6) is 0.530. The Hall–Kier alpha value is -0.910. The Morgan fingerprint density at radius 3 is 2.53 bits per heavy atom. The third kappa shape index (κ3) is 3.30. The average Bonchev–Trinajstić information content (AvgIpc) is 2.47. The Labute approximate surface area is 93.3 Å². The molecule has 1 aliphatic heterocycles. The number of carbonyl (C=O) groups excluding carboxylic acids is 2. The number of hydrogen-bond acceptors (Lipinski definition) is 4. The van der Waals surface area contributed by atoms with Gasteiger partial charge in [-0.05, 0) is 20.8 Å². The van der Waals surface area contributed by atoms with E-state index in [1.54, 1.807) is 20.8 Å². The summed E-state index contributed by atoms with van der Waals surface area (Å²) in [4.78, 5) is 24.1. The smallest absolute Gasteiger partial charge is 0.411 e. The molecule has 0 aromatic heterocycles. The summed E-state index contributed by atoms with van der Waals surface area (Å²) < 4.78 is 5.17. The van der Waals surface area contributed by atoms with Crippen LogP contribution in [0.5, 0.6) is 0 Å². The molecule has 0 radical (unpaired) electrons. The van der Waals surface area contributed by atoms with E-state index in [0.29, 0.717) is 11.6 Å². The highest BCUT2D eigenvalue weighted by Gasteiger charge is 2.35. The SMILES string of the molecule is CC(C)(C)OC(=O)N1CSCC1C(N)=O. The maximum absolute atomic E-state index is 11.7. The molecular formula is C9H16N2O3S. The van der Waals surface area contributed by atoms with E-state index in [1.807, 2.05) is 0 Å². The van der Waals surface area contributed by atoms with Crippen LogP contribution >= 0.6 is 11.8 Å². The molecule has 6 heteroatoms. The standard InChI is InChI=1S/C9H16N2O3S/c1-9(2,3)14-8(13)11-5-15-4-6(11)7(10)12/h6H,4-5H2,1-3H3,(H2,10,12). The van der Waals surface area contributed by atoms with Crippen molar-refractivity contribution in [1.29, 1.82) is 0 Å². The Bertz CT molecular complexity index is 275. The Morgan fingerprint density at radius 1 is 1.47 bits per heavy atom. The Morgan fingerprint density at radius 2 is 2.07 bits per heavy atom. The van der Waals surface area contributed by atoms with E-state index in [2.05, 4.69) is 0 Å². The van der Waals surface area contributed by atoms with Crippen molar-refractivity contribution in [2.45, 2.75) is 32.4 Å². The number of primary amides is 1. The summed E-state index contributed by atoms with van der Waals surface area (Å²) >= 11 is 1.50. The van der Waals surface area contributed by atoms with Gasteiger partial charge in [0.1, 0.15) is 11.6 Å². The molecule has 1 fully saturated rings. The number of hydrogen-bond donors (Lipinski definition) is 1. The zero-order valence-corrected chi connectivity index (χ0v) is 9.97. The van der Waals surface area contributed by atoms with E-state index in [0.717, 1.165) is 0 Å². The van der Waals surface area contributed by atoms with Crippen molar-refractivity contribution in [3.63, 3.8) is 0 Å². The molecule has 15 heavy (non-hydrogen) atoms. The van der Waals surface area contributed by atoms with Gasteiger partial charge in [0.05, 0.1) is 5.88 Å². The van der Waals surface area contributed by atoms with E-state index in [1.165, 1.54) is 16.7 Å². The Balaban J connectivity index is 2.63. The summed E-state index contributed by atoms with van der Waals surface area (Å²) in [6.45, 7) is 5.36. The van der Waals surface area contributed by atoms with Crippen molar-refractivity contribution in [2.24, 2.45) is 5.73 Å². The molecule has 1 rings (SSSR count). The van der Waals surface area contributed by atoms with E-state index in [-0.39, 0.29) is 0 Å². The van der Waals surface area contributed by atoms with Gasteiger partial charge in [0.15, 0.2) is 0 Å². The minimum absolute atomic E-state index is 0.461. The normalized spacial score (nSPS) is 21.5. The predicted molar refractivity (Wildman–Crippen MR) is 58.4 cm³/mol. The van der Waals surface area contributed by atoms with Crippen molar-refractivity contribution in [3.8, 4) is 0 Å². The Kier molecular flexibility index (Phi) is 3.49. The zero-order valence-electron chi connectivity index (χ0n) is 9.15. The first kappa shape index (κ1) is 12.2. The van der Waals surface area contributed by atoms with Crippen molar-refractivity contribution < 1.29 is 14.3 Å². The number of thioether (sulfide) groups is 1. The van der Waals surface area contributed by atoms with Crippen molar-refractivity contribution in [3.05, 3.63) is 0 Å². The second-order valence-electron chi connectivity index (χ2n) is 4.37. The summed E-state index contributed by atoms with van der Waals surface area (Å²) in [5.41, 5.74) is 4.64. The quantitative estimate of drug-likeness (QED) is 0.725. The van der Waals surface area contributed by atoms with E-state index < -0.39 is 23.6 Å². The molecule has 0 aromatic rings. The van der Waals surface area contributed by atoms with Gasteiger partial charge in [0.25, 0.3) is 0 Å². The number of rotatable bonds is 1. The first-order valence-electron chi connectivity index (χ1n) is 4.68. The lowest BCUT2D eigenvalue weighted by Crippen LogP contribution is -2.46. The molecule has 2 N–H and O–H groups in total. The van der Waals surface area contributed by atoms with E-state index in [4.69, 9.17) is 10.5 Å². The number of nitrogens with zero attached hydrogens (tertiary/aromatic N) is 1. The molecule has 1 unspecified atom stereocenters. The molecule has 1 aliphatic rings. The highest BCUT2D eigenvalue weighted by molar-refractivity contribution is 7.99. The van der Waals surface area contributed by atoms with Gasteiger partial charge in [-0.2, -0.15) is 0 Å². The second kappa shape index (κ2) is 4.30. The zero-order chi connectivity index (χ0) is 11.6. The molecule has 5 nitrogen and oxygen atoms in total. The van der Waals surface area contributed by atoms with Crippen LogP contribution in [-0.2, 0) is 9.53 Å². The minimum atomic E-state index is -0.549. The van der Waals surface area contributed by atoms with Crippen molar-refractivity contribution in [2.75, 3.05) is 11.6 Å². The van der Waals surface area contributed by atoms with Gasteiger partial charge in [-0.15, -0.1) is 11.8 Å². The molecule has 0 aliphatic carbocycles. The lowest BCUT2D eigenvalue weighted by atomic mass is 10.2. The monoisotopic (exact) mass is 232 g/mol. The topological polar surface area (TPSA) is 72.6 Å². The van der Waals surface area contributed by atoms with Crippen LogP contribution in [0, 0.1) is 0 Å². The van der Waals surface area contributed by atoms with Crippen LogP contribution in [-0.4, -0.2) is 40.2 Å². The van der Waals surface area contributed by atoms with Crippen LogP contribution in [0.15, 0.2) is 0 Å². The van der Waals surface area contributed by atoms with Gasteiger partial charge in [0, 0.05) is 5.75 Å². The number of nitrogens with two attached hydrogens (primary N) is 1. The molecule has 1 heterocycles. The summed E-state index contributed by atoms with van der Waals surface area (Å²) in [6, 6.07) is -0.537. The fourth-order valence-electron chi connectivity index (χ4n) is 1.18. The minimum Gasteiger partial charge on any atom is -0.444 e. The number of carbonyl (C=O) groups is 2. The molecule has 0 spiro atoms. The summed E-state index contributed by atoms with van der Waals surface area (Å²) in [6.07, 6.45) is -0.476. The fourth-order valence-corrected chi connectivity index (χ4v) is 2.33. The lowest BCUT2D eigenvalue weighted by Gasteiger charge is -2.26. The van der Waals surface area contributed by atoms with Crippen molar-refractivity contribution in [1.82, 2.24) is 4.90 Å². The van der Waals surface area contributed by atoms with Crippen LogP contribution < -0.4 is 5.73 Å². The van der Waals surface area contributed by atoms with Gasteiger partial charge < -0.3 is 10.5 Å². The van der Waals surface area contributed by atoms with Crippen LogP contribution in [0.25, 0.3) is 0 Å². The first-order chi connectivity index (χ1) is 6.81. The predicted octanol–water partition coefficient (Wildman–Crippen LogP) is 0.782. The maximum atomic E-state index is 11.7. The average molecular weight is 232 g/mol. The molecule has 1 atom stereocenters.